The van der Waals surface area contributed by atoms with Gasteiger partial charge in [-0.15, -0.1) is 11.8 Å². The standard InChI is InChI=1S/C14H17N3S/c1-10-7-8-16-9-13(10)14(17-15)11-3-5-12(18-2)6-4-11/h3-9,14,17H,15H2,1-2H3. The van der Waals surface area contributed by atoms with Crippen LogP contribution in [0.5, 0.6) is 0 Å². The molecule has 1 heterocycles. The summed E-state index contributed by atoms with van der Waals surface area (Å²) < 4.78 is 0. The van der Waals surface area contributed by atoms with E-state index in [1.54, 1.807) is 18.0 Å². The van der Waals surface area contributed by atoms with Gasteiger partial charge in [0, 0.05) is 17.3 Å². The number of rotatable bonds is 4. The molecular formula is C14H17N3S. The minimum Gasteiger partial charge on any atom is -0.271 e. The molecule has 3 N–H and O–H groups in total. The Morgan fingerprint density at radius 2 is 1.94 bits per heavy atom. The summed E-state index contributed by atoms with van der Waals surface area (Å²) >= 11 is 1.73. The Kier molecular flexibility index (Phi) is 4.36. The van der Waals surface area contributed by atoms with Crippen LogP contribution in [-0.2, 0) is 0 Å². The number of benzene rings is 1. The van der Waals surface area contributed by atoms with Gasteiger partial charge in [0.1, 0.15) is 0 Å². The Labute approximate surface area is 112 Å². The van der Waals surface area contributed by atoms with Crippen molar-refractivity contribution in [2.24, 2.45) is 5.84 Å². The van der Waals surface area contributed by atoms with Crippen molar-refractivity contribution >= 4 is 11.8 Å². The summed E-state index contributed by atoms with van der Waals surface area (Å²) in [5, 5.41) is 0. The maximum atomic E-state index is 5.69. The van der Waals surface area contributed by atoms with Crippen LogP contribution in [0.2, 0.25) is 0 Å². The highest BCUT2D eigenvalue weighted by Gasteiger charge is 2.14. The second-order valence-corrected chi connectivity index (χ2v) is 4.98. The number of aryl methyl sites for hydroxylation is 1. The molecule has 2 rings (SSSR count). The second-order valence-electron chi connectivity index (χ2n) is 4.11. The first-order chi connectivity index (χ1) is 8.76. The first-order valence-electron chi connectivity index (χ1n) is 5.77. The smallest absolute Gasteiger partial charge is 0.0727 e. The molecule has 0 aliphatic heterocycles. The van der Waals surface area contributed by atoms with Gasteiger partial charge in [-0.05, 0) is 48.1 Å². The van der Waals surface area contributed by atoms with Crippen LogP contribution in [0.1, 0.15) is 22.7 Å². The summed E-state index contributed by atoms with van der Waals surface area (Å²) in [6, 6.07) is 10.4. The number of nitrogens with zero attached hydrogens (tertiary/aromatic N) is 1. The highest BCUT2D eigenvalue weighted by molar-refractivity contribution is 7.98. The molecule has 0 saturated heterocycles. The molecule has 94 valence electrons. The SMILES string of the molecule is CSc1ccc(C(NN)c2cnccc2C)cc1. The Hall–Kier alpha value is -1.36. The fourth-order valence-electron chi connectivity index (χ4n) is 1.94. The van der Waals surface area contributed by atoms with E-state index in [2.05, 4.69) is 47.9 Å². The van der Waals surface area contributed by atoms with Gasteiger partial charge in [-0.25, -0.2) is 5.43 Å². The van der Waals surface area contributed by atoms with Crippen molar-refractivity contribution in [1.82, 2.24) is 10.4 Å². The van der Waals surface area contributed by atoms with E-state index < -0.39 is 0 Å². The van der Waals surface area contributed by atoms with Crippen molar-refractivity contribution in [1.29, 1.82) is 0 Å². The maximum absolute atomic E-state index is 5.69. The molecule has 0 amide bonds. The third kappa shape index (κ3) is 2.72. The number of pyridine rings is 1. The zero-order chi connectivity index (χ0) is 13.0. The average molecular weight is 259 g/mol. The van der Waals surface area contributed by atoms with E-state index >= 15 is 0 Å². The highest BCUT2D eigenvalue weighted by atomic mass is 32.2. The molecule has 0 radical (unpaired) electrons. The highest BCUT2D eigenvalue weighted by Crippen LogP contribution is 2.25. The lowest BCUT2D eigenvalue weighted by Gasteiger charge is -2.18. The Morgan fingerprint density at radius 1 is 1.22 bits per heavy atom. The molecular weight excluding hydrogens is 242 g/mol. The second kappa shape index (κ2) is 6.00. The number of hydrogen-bond donors (Lipinski definition) is 2. The molecule has 0 spiro atoms. The van der Waals surface area contributed by atoms with E-state index in [1.807, 2.05) is 12.3 Å². The monoisotopic (exact) mass is 259 g/mol. The van der Waals surface area contributed by atoms with Crippen LogP contribution in [0.4, 0.5) is 0 Å². The van der Waals surface area contributed by atoms with Crippen LogP contribution in [0, 0.1) is 6.92 Å². The first-order valence-corrected chi connectivity index (χ1v) is 6.99. The Morgan fingerprint density at radius 3 is 2.50 bits per heavy atom. The van der Waals surface area contributed by atoms with Gasteiger partial charge in [0.25, 0.3) is 0 Å². The quantitative estimate of drug-likeness (QED) is 0.503. The van der Waals surface area contributed by atoms with E-state index in [9.17, 15) is 0 Å². The van der Waals surface area contributed by atoms with Gasteiger partial charge >= 0.3 is 0 Å². The summed E-state index contributed by atoms with van der Waals surface area (Å²) in [5.74, 6) is 5.69. The van der Waals surface area contributed by atoms with Crippen molar-refractivity contribution in [3.8, 4) is 0 Å². The average Bonchev–Trinajstić information content (AvgIpc) is 2.42. The molecule has 1 aromatic carbocycles. The Bertz CT molecular complexity index is 511. The molecule has 0 fully saturated rings. The minimum absolute atomic E-state index is 0.0189. The Balaban J connectivity index is 2.36. The van der Waals surface area contributed by atoms with Crippen LogP contribution in [0.25, 0.3) is 0 Å². The van der Waals surface area contributed by atoms with Crippen LogP contribution in [0.3, 0.4) is 0 Å². The van der Waals surface area contributed by atoms with Crippen LogP contribution >= 0.6 is 11.8 Å². The summed E-state index contributed by atoms with van der Waals surface area (Å²) in [6.07, 6.45) is 5.73. The molecule has 4 heteroatoms. The summed E-state index contributed by atoms with van der Waals surface area (Å²) in [5.41, 5.74) is 6.30. The van der Waals surface area contributed by atoms with Crippen LogP contribution in [0.15, 0.2) is 47.6 Å². The van der Waals surface area contributed by atoms with E-state index in [0.717, 1.165) is 11.1 Å². The molecule has 1 unspecified atom stereocenters. The number of thioether (sulfide) groups is 1. The van der Waals surface area contributed by atoms with Crippen LogP contribution < -0.4 is 11.3 Å². The molecule has 0 aliphatic rings. The molecule has 1 atom stereocenters. The minimum atomic E-state index is -0.0189. The fraction of sp³-hybridized carbons (Fsp3) is 0.214. The van der Waals surface area contributed by atoms with Gasteiger partial charge in [0.2, 0.25) is 0 Å². The van der Waals surface area contributed by atoms with Crippen LogP contribution in [-0.4, -0.2) is 11.2 Å². The van der Waals surface area contributed by atoms with Gasteiger partial charge in [-0.1, -0.05) is 12.1 Å². The molecule has 18 heavy (non-hydrogen) atoms. The molecule has 0 bridgehead atoms. The lowest BCUT2D eigenvalue weighted by Crippen LogP contribution is -2.29. The summed E-state index contributed by atoms with van der Waals surface area (Å²) in [7, 11) is 0. The van der Waals surface area contributed by atoms with E-state index in [1.165, 1.54) is 10.5 Å². The van der Waals surface area contributed by atoms with Crippen molar-refractivity contribution in [3.05, 3.63) is 59.4 Å². The van der Waals surface area contributed by atoms with Crippen molar-refractivity contribution in [3.63, 3.8) is 0 Å². The van der Waals surface area contributed by atoms with Crippen molar-refractivity contribution in [2.45, 2.75) is 17.9 Å². The molecule has 0 aliphatic carbocycles. The third-order valence-corrected chi connectivity index (χ3v) is 3.75. The molecule has 3 nitrogen and oxygen atoms in total. The van der Waals surface area contributed by atoms with Crippen molar-refractivity contribution in [2.75, 3.05) is 6.26 Å². The topological polar surface area (TPSA) is 50.9 Å². The maximum Gasteiger partial charge on any atom is 0.0727 e. The molecule has 2 aromatic rings. The third-order valence-electron chi connectivity index (χ3n) is 3.01. The van der Waals surface area contributed by atoms with E-state index in [4.69, 9.17) is 5.84 Å². The number of nitrogens with two attached hydrogens (primary N) is 1. The zero-order valence-electron chi connectivity index (χ0n) is 10.6. The number of nitrogens with one attached hydrogen (secondary N) is 1. The lowest BCUT2D eigenvalue weighted by molar-refractivity contribution is 0.631. The molecule has 1 aromatic heterocycles. The van der Waals surface area contributed by atoms with Gasteiger partial charge in [-0.3, -0.25) is 10.8 Å². The zero-order valence-corrected chi connectivity index (χ0v) is 11.4. The van der Waals surface area contributed by atoms with Gasteiger partial charge in [0.15, 0.2) is 0 Å². The summed E-state index contributed by atoms with van der Waals surface area (Å²) in [4.78, 5) is 5.42. The fourth-order valence-corrected chi connectivity index (χ4v) is 2.35. The number of aromatic nitrogens is 1. The van der Waals surface area contributed by atoms with E-state index in [-0.39, 0.29) is 6.04 Å². The van der Waals surface area contributed by atoms with Gasteiger partial charge in [0.05, 0.1) is 6.04 Å². The largest absolute Gasteiger partial charge is 0.271 e. The van der Waals surface area contributed by atoms with Gasteiger partial charge < -0.3 is 0 Å². The first kappa shape index (κ1) is 13.1. The number of hydrazine groups is 1. The van der Waals surface area contributed by atoms with E-state index in [0.29, 0.717) is 0 Å². The molecule has 0 saturated carbocycles. The van der Waals surface area contributed by atoms with Gasteiger partial charge in [-0.2, -0.15) is 0 Å². The number of hydrogen-bond acceptors (Lipinski definition) is 4. The normalized spacial score (nSPS) is 12.4. The lowest BCUT2D eigenvalue weighted by atomic mass is 9.97. The predicted molar refractivity (Wildman–Crippen MR) is 76.4 cm³/mol. The van der Waals surface area contributed by atoms with Crippen molar-refractivity contribution < 1.29 is 0 Å². The predicted octanol–water partition coefficient (Wildman–Crippen LogP) is 2.66. The summed E-state index contributed by atoms with van der Waals surface area (Å²) in [6.45, 7) is 2.07.